The average molecular weight is 290 g/mol. The van der Waals surface area contributed by atoms with E-state index in [1.54, 1.807) is 0 Å². The van der Waals surface area contributed by atoms with Gasteiger partial charge in [0.2, 0.25) is 0 Å². The van der Waals surface area contributed by atoms with E-state index < -0.39 is 5.97 Å². The summed E-state index contributed by atoms with van der Waals surface area (Å²) in [5.41, 5.74) is 1.97. The number of carbonyl (C=O) groups excluding carboxylic acids is 1. The van der Waals surface area contributed by atoms with Crippen molar-refractivity contribution in [1.29, 1.82) is 0 Å². The molecule has 1 aliphatic rings. The lowest BCUT2D eigenvalue weighted by molar-refractivity contribution is -0.141. The maximum Gasteiger partial charge on any atom is 0.315 e. The summed E-state index contributed by atoms with van der Waals surface area (Å²) >= 11 is 0. The van der Waals surface area contributed by atoms with Gasteiger partial charge in [0.05, 0.1) is 6.42 Å². The molecule has 1 saturated carbocycles. The number of rotatable bonds is 6. The van der Waals surface area contributed by atoms with E-state index in [2.05, 4.69) is 10.6 Å². The number of carbonyl (C=O) groups is 2. The van der Waals surface area contributed by atoms with Crippen LogP contribution in [0.2, 0.25) is 0 Å². The molecule has 3 N–H and O–H groups in total. The molecule has 1 aromatic rings. The zero-order valence-corrected chi connectivity index (χ0v) is 12.3. The first-order valence-electron chi connectivity index (χ1n) is 7.29. The van der Waals surface area contributed by atoms with Crippen LogP contribution in [0, 0.1) is 12.3 Å². The topological polar surface area (TPSA) is 78.4 Å². The monoisotopic (exact) mass is 290 g/mol. The summed E-state index contributed by atoms with van der Waals surface area (Å²) in [5, 5.41) is 14.6. The molecule has 0 saturated heterocycles. The molecule has 0 spiro atoms. The molecule has 5 heteroatoms. The van der Waals surface area contributed by atoms with E-state index in [-0.39, 0.29) is 17.9 Å². The second kappa shape index (κ2) is 6.61. The van der Waals surface area contributed by atoms with Crippen molar-refractivity contribution in [3.8, 4) is 0 Å². The molecule has 0 atom stereocenters. The highest BCUT2D eigenvalue weighted by molar-refractivity contribution is 5.74. The Morgan fingerprint density at radius 1 is 1.24 bits per heavy atom. The quantitative estimate of drug-likeness (QED) is 0.753. The fraction of sp³-hybridized carbons (Fsp3) is 0.500. The Labute approximate surface area is 124 Å². The highest BCUT2D eigenvalue weighted by Gasteiger charge is 2.39. The fourth-order valence-corrected chi connectivity index (χ4v) is 2.73. The molecule has 0 bridgehead atoms. The smallest absolute Gasteiger partial charge is 0.315 e. The van der Waals surface area contributed by atoms with Crippen molar-refractivity contribution in [3.63, 3.8) is 0 Å². The number of aliphatic carboxylic acids is 1. The molecule has 0 aromatic heterocycles. The van der Waals surface area contributed by atoms with Crippen LogP contribution in [0.5, 0.6) is 0 Å². The molecular weight excluding hydrogens is 268 g/mol. The van der Waals surface area contributed by atoms with Gasteiger partial charge >= 0.3 is 12.0 Å². The van der Waals surface area contributed by atoms with Gasteiger partial charge < -0.3 is 15.7 Å². The molecule has 1 fully saturated rings. The first-order valence-corrected chi connectivity index (χ1v) is 7.29. The summed E-state index contributed by atoms with van der Waals surface area (Å²) in [6, 6.07) is 7.65. The van der Waals surface area contributed by atoms with Gasteiger partial charge in [0.15, 0.2) is 0 Å². The molecule has 114 valence electrons. The Bertz CT molecular complexity index is 524. The van der Waals surface area contributed by atoms with Crippen molar-refractivity contribution in [2.24, 2.45) is 5.41 Å². The van der Waals surface area contributed by atoms with Gasteiger partial charge in [-0.1, -0.05) is 30.7 Å². The third-order valence-electron chi connectivity index (χ3n) is 4.27. The van der Waals surface area contributed by atoms with Crippen LogP contribution in [0.3, 0.4) is 0 Å². The molecule has 2 rings (SSSR count). The van der Waals surface area contributed by atoms with Crippen molar-refractivity contribution in [2.75, 3.05) is 6.54 Å². The Morgan fingerprint density at radius 2 is 1.95 bits per heavy atom. The van der Waals surface area contributed by atoms with Crippen molar-refractivity contribution in [2.45, 2.75) is 39.2 Å². The maximum absolute atomic E-state index is 11.8. The third kappa shape index (κ3) is 4.21. The summed E-state index contributed by atoms with van der Waals surface area (Å²) < 4.78 is 0. The lowest BCUT2D eigenvalue weighted by atomic mass is 9.66. The Morgan fingerprint density at radius 3 is 2.52 bits per heavy atom. The Kier molecular flexibility index (Phi) is 4.83. The van der Waals surface area contributed by atoms with Crippen LogP contribution >= 0.6 is 0 Å². The zero-order valence-electron chi connectivity index (χ0n) is 12.3. The lowest BCUT2D eigenvalue weighted by Gasteiger charge is -2.40. The van der Waals surface area contributed by atoms with E-state index in [1.807, 2.05) is 31.2 Å². The zero-order chi connectivity index (χ0) is 15.3. The highest BCUT2D eigenvalue weighted by Crippen LogP contribution is 2.43. The van der Waals surface area contributed by atoms with Crippen LogP contribution in [0.4, 0.5) is 4.79 Å². The third-order valence-corrected chi connectivity index (χ3v) is 4.27. The van der Waals surface area contributed by atoms with Crippen molar-refractivity contribution >= 4 is 12.0 Å². The second-order valence-corrected chi connectivity index (χ2v) is 5.89. The molecule has 2 amide bonds. The van der Waals surface area contributed by atoms with E-state index in [4.69, 9.17) is 5.11 Å². The number of aryl methyl sites for hydroxylation is 1. The summed E-state index contributed by atoms with van der Waals surface area (Å²) in [5.74, 6) is -0.795. The number of benzene rings is 1. The molecule has 0 unspecified atom stereocenters. The summed E-state index contributed by atoms with van der Waals surface area (Å²) in [6.07, 6.45) is 2.92. The van der Waals surface area contributed by atoms with E-state index in [0.29, 0.717) is 13.1 Å². The van der Waals surface area contributed by atoms with Crippen LogP contribution in [0.25, 0.3) is 0 Å². The first kappa shape index (κ1) is 15.4. The number of hydrogen-bond donors (Lipinski definition) is 3. The molecule has 1 aliphatic carbocycles. The molecule has 0 heterocycles. The van der Waals surface area contributed by atoms with Gasteiger partial charge in [-0.2, -0.15) is 0 Å². The summed E-state index contributed by atoms with van der Waals surface area (Å²) in [4.78, 5) is 22.7. The van der Waals surface area contributed by atoms with Crippen molar-refractivity contribution in [1.82, 2.24) is 10.6 Å². The molecular formula is C16H22N2O3. The standard InChI is InChI=1S/C16H22N2O3/c1-12-5-2-3-6-13(12)10-17-15(21)18-11-16(7-4-8-16)9-14(19)20/h2-3,5-6H,4,7-11H2,1H3,(H,19,20)(H2,17,18,21). The maximum atomic E-state index is 11.8. The second-order valence-electron chi connectivity index (χ2n) is 5.89. The minimum Gasteiger partial charge on any atom is -0.481 e. The van der Waals surface area contributed by atoms with Gasteiger partial charge in [-0.15, -0.1) is 0 Å². The summed E-state index contributed by atoms with van der Waals surface area (Å²) in [6.45, 7) is 2.91. The number of nitrogens with one attached hydrogen (secondary N) is 2. The van der Waals surface area contributed by atoms with Crippen LogP contribution in [-0.4, -0.2) is 23.7 Å². The van der Waals surface area contributed by atoms with E-state index in [1.165, 1.54) is 0 Å². The first-order chi connectivity index (χ1) is 10.0. The minimum atomic E-state index is -0.795. The average Bonchev–Trinajstić information content (AvgIpc) is 2.40. The molecule has 21 heavy (non-hydrogen) atoms. The van der Waals surface area contributed by atoms with Gasteiger partial charge in [0.25, 0.3) is 0 Å². The van der Waals surface area contributed by atoms with Gasteiger partial charge in [0, 0.05) is 13.1 Å². The van der Waals surface area contributed by atoms with Gasteiger partial charge in [-0.25, -0.2) is 4.79 Å². The van der Waals surface area contributed by atoms with Crippen molar-refractivity contribution in [3.05, 3.63) is 35.4 Å². The SMILES string of the molecule is Cc1ccccc1CNC(=O)NCC1(CC(=O)O)CCC1. The fourth-order valence-electron chi connectivity index (χ4n) is 2.73. The van der Waals surface area contributed by atoms with Crippen LogP contribution in [0.15, 0.2) is 24.3 Å². The van der Waals surface area contributed by atoms with Crippen LogP contribution in [0.1, 0.15) is 36.8 Å². The van der Waals surface area contributed by atoms with Gasteiger partial charge in [-0.05, 0) is 36.3 Å². The lowest BCUT2D eigenvalue weighted by Crippen LogP contribution is -2.46. The molecule has 5 nitrogen and oxygen atoms in total. The number of amides is 2. The number of urea groups is 1. The van der Waals surface area contributed by atoms with Crippen LogP contribution < -0.4 is 10.6 Å². The number of carboxylic acid groups (broad SMARTS) is 1. The Balaban J connectivity index is 1.77. The molecule has 0 aliphatic heterocycles. The van der Waals surface area contributed by atoms with Gasteiger partial charge in [0.1, 0.15) is 0 Å². The summed E-state index contributed by atoms with van der Waals surface area (Å²) in [7, 11) is 0. The Hall–Kier alpha value is -2.04. The largest absolute Gasteiger partial charge is 0.481 e. The normalized spacial score (nSPS) is 15.9. The number of carboxylic acids is 1. The van der Waals surface area contributed by atoms with Gasteiger partial charge in [-0.3, -0.25) is 4.79 Å². The van der Waals surface area contributed by atoms with E-state index >= 15 is 0 Å². The van der Waals surface area contributed by atoms with Crippen molar-refractivity contribution < 1.29 is 14.7 Å². The highest BCUT2D eigenvalue weighted by atomic mass is 16.4. The minimum absolute atomic E-state index is 0.130. The predicted molar refractivity (Wildman–Crippen MR) is 80.0 cm³/mol. The predicted octanol–water partition coefficient (Wildman–Crippen LogP) is 2.44. The van der Waals surface area contributed by atoms with Crippen LogP contribution in [-0.2, 0) is 11.3 Å². The molecule has 0 radical (unpaired) electrons. The van der Waals surface area contributed by atoms with E-state index in [0.717, 1.165) is 30.4 Å². The molecule has 1 aromatic carbocycles. The van der Waals surface area contributed by atoms with E-state index in [9.17, 15) is 9.59 Å². The number of hydrogen-bond acceptors (Lipinski definition) is 2.